The summed E-state index contributed by atoms with van der Waals surface area (Å²) in [6.45, 7) is 3.92. The van der Waals surface area contributed by atoms with Gasteiger partial charge in [-0.05, 0) is 49.2 Å². The van der Waals surface area contributed by atoms with Crippen molar-refractivity contribution in [2.75, 3.05) is 4.90 Å². The van der Waals surface area contributed by atoms with Crippen molar-refractivity contribution in [2.45, 2.75) is 20.3 Å². The molecular formula is C17H14BrNO2. The minimum absolute atomic E-state index is 0.240. The summed E-state index contributed by atoms with van der Waals surface area (Å²) < 4.78 is 0.940. The maximum atomic E-state index is 12.6. The second-order valence-electron chi connectivity index (χ2n) is 5.12. The Kier molecular flexibility index (Phi) is 3.41. The molecule has 0 fully saturated rings. The maximum absolute atomic E-state index is 12.6. The third-order valence-electron chi connectivity index (χ3n) is 3.71. The summed E-state index contributed by atoms with van der Waals surface area (Å²) in [5.41, 5.74) is 3.59. The van der Waals surface area contributed by atoms with Gasteiger partial charge in [0.2, 0.25) is 0 Å². The number of carbonyl (C=O) groups is 2. The normalized spacial score (nSPS) is 13.8. The van der Waals surface area contributed by atoms with Crippen molar-refractivity contribution in [2.24, 2.45) is 0 Å². The fraction of sp³-hybridized carbons (Fsp3) is 0.176. The van der Waals surface area contributed by atoms with E-state index in [0.29, 0.717) is 16.8 Å². The SMILES string of the molecule is CCc1cc(Br)ccc1N1C(=O)c2ccc(C)cc2C1=O. The van der Waals surface area contributed by atoms with Crippen LogP contribution in [0, 0.1) is 6.92 Å². The number of anilines is 1. The number of imide groups is 1. The minimum atomic E-state index is -0.243. The van der Waals surface area contributed by atoms with Gasteiger partial charge in [-0.2, -0.15) is 0 Å². The number of nitrogens with zero attached hydrogens (tertiary/aromatic N) is 1. The standard InChI is InChI=1S/C17H14BrNO2/c1-3-11-9-12(18)5-7-15(11)19-16(20)13-6-4-10(2)8-14(13)17(19)21/h4-9H,3H2,1-2H3. The van der Waals surface area contributed by atoms with E-state index in [1.54, 1.807) is 12.1 Å². The van der Waals surface area contributed by atoms with Crippen LogP contribution in [-0.4, -0.2) is 11.8 Å². The molecule has 0 N–H and O–H groups in total. The number of carbonyl (C=O) groups excluding carboxylic acids is 2. The Labute approximate surface area is 131 Å². The minimum Gasteiger partial charge on any atom is -0.268 e. The first kappa shape index (κ1) is 14.0. The molecule has 0 saturated carbocycles. The first-order valence-corrected chi connectivity index (χ1v) is 7.60. The van der Waals surface area contributed by atoms with Crippen LogP contribution < -0.4 is 4.90 Å². The van der Waals surface area contributed by atoms with E-state index >= 15 is 0 Å². The van der Waals surface area contributed by atoms with Gasteiger partial charge in [0.1, 0.15) is 0 Å². The highest BCUT2D eigenvalue weighted by molar-refractivity contribution is 9.10. The number of hydrogen-bond acceptors (Lipinski definition) is 2. The largest absolute Gasteiger partial charge is 0.268 e. The molecule has 0 saturated heterocycles. The lowest BCUT2D eigenvalue weighted by atomic mass is 10.1. The van der Waals surface area contributed by atoms with Crippen molar-refractivity contribution in [1.29, 1.82) is 0 Å². The zero-order valence-corrected chi connectivity index (χ0v) is 13.4. The van der Waals surface area contributed by atoms with Gasteiger partial charge in [0, 0.05) is 4.47 Å². The van der Waals surface area contributed by atoms with E-state index in [4.69, 9.17) is 0 Å². The van der Waals surface area contributed by atoms with Crippen molar-refractivity contribution in [3.05, 3.63) is 63.1 Å². The van der Waals surface area contributed by atoms with E-state index < -0.39 is 0 Å². The van der Waals surface area contributed by atoms with Crippen LogP contribution in [0.1, 0.15) is 38.8 Å². The van der Waals surface area contributed by atoms with E-state index in [2.05, 4.69) is 15.9 Å². The highest BCUT2D eigenvalue weighted by Gasteiger charge is 2.37. The highest BCUT2D eigenvalue weighted by Crippen LogP contribution is 2.32. The van der Waals surface area contributed by atoms with Crippen LogP contribution in [0.15, 0.2) is 40.9 Å². The van der Waals surface area contributed by atoms with Gasteiger partial charge in [-0.15, -0.1) is 0 Å². The van der Waals surface area contributed by atoms with Gasteiger partial charge in [-0.25, -0.2) is 4.90 Å². The molecule has 0 aliphatic carbocycles. The Morgan fingerprint density at radius 3 is 2.43 bits per heavy atom. The monoisotopic (exact) mass is 343 g/mol. The summed E-state index contributed by atoms with van der Waals surface area (Å²) in [7, 11) is 0. The van der Waals surface area contributed by atoms with Gasteiger partial charge >= 0.3 is 0 Å². The maximum Gasteiger partial charge on any atom is 0.266 e. The van der Waals surface area contributed by atoms with Crippen molar-refractivity contribution in [1.82, 2.24) is 0 Å². The Balaban J connectivity index is 2.14. The molecular weight excluding hydrogens is 330 g/mol. The number of amides is 2. The van der Waals surface area contributed by atoms with Crippen molar-refractivity contribution >= 4 is 33.4 Å². The molecule has 1 aliphatic rings. The third kappa shape index (κ3) is 2.20. The molecule has 2 aromatic carbocycles. The van der Waals surface area contributed by atoms with E-state index in [0.717, 1.165) is 22.0 Å². The molecule has 0 bridgehead atoms. The van der Waals surface area contributed by atoms with Gasteiger partial charge in [0.15, 0.2) is 0 Å². The average Bonchev–Trinajstić information content (AvgIpc) is 2.71. The van der Waals surface area contributed by atoms with Gasteiger partial charge in [-0.1, -0.05) is 34.5 Å². The van der Waals surface area contributed by atoms with E-state index in [9.17, 15) is 9.59 Å². The summed E-state index contributed by atoms with van der Waals surface area (Å²) >= 11 is 3.43. The van der Waals surface area contributed by atoms with Crippen LogP contribution in [-0.2, 0) is 6.42 Å². The topological polar surface area (TPSA) is 37.4 Å². The summed E-state index contributed by atoms with van der Waals surface area (Å²) in [5, 5.41) is 0. The molecule has 3 nitrogen and oxygen atoms in total. The van der Waals surface area contributed by atoms with Gasteiger partial charge in [-0.3, -0.25) is 9.59 Å². The Hall–Kier alpha value is -1.94. The second kappa shape index (κ2) is 5.11. The van der Waals surface area contributed by atoms with Gasteiger partial charge in [0.25, 0.3) is 11.8 Å². The van der Waals surface area contributed by atoms with Crippen LogP contribution >= 0.6 is 15.9 Å². The lowest BCUT2D eigenvalue weighted by Gasteiger charge is -2.17. The lowest BCUT2D eigenvalue weighted by Crippen LogP contribution is -2.30. The fourth-order valence-corrected chi connectivity index (χ4v) is 3.04. The number of aryl methyl sites for hydroxylation is 2. The molecule has 21 heavy (non-hydrogen) atoms. The predicted octanol–water partition coefficient (Wildman–Crippen LogP) is 4.12. The zero-order chi connectivity index (χ0) is 15.1. The zero-order valence-electron chi connectivity index (χ0n) is 11.8. The highest BCUT2D eigenvalue weighted by atomic mass is 79.9. The molecule has 4 heteroatoms. The van der Waals surface area contributed by atoms with E-state index in [1.165, 1.54) is 4.90 Å². The summed E-state index contributed by atoms with van der Waals surface area (Å²) in [5.74, 6) is -0.484. The quantitative estimate of drug-likeness (QED) is 0.769. The van der Waals surface area contributed by atoms with Crippen molar-refractivity contribution in [3.63, 3.8) is 0 Å². The Bertz CT molecular complexity index is 767. The molecule has 2 aromatic rings. The van der Waals surface area contributed by atoms with E-state index in [-0.39, 0.29) is 11.8 Å². The molecule has 3 rings (SSSR count). The van der Waals surface area contributed by atoms with Crippen LogP contribution in [0.2, 0.25) is 0 Å². The number of halogens is 1. The molecule has 0 atom stereocenters. The molecule has 0 spiro atoms. The molecule has 1 heterocycles. The summed E-state index contributed by atoms with van der Waals surface area (Å²) in [4.78, 5) is 26.5. The second-order valence-corrected chi connectivity index (χ2v) is 6.04. The van der Waals surface area contributed by atoms with Crippen LogP contribution in [0.4, 0.5) is 5.69 Å². The number of fused-ring (bicyclic) bond motifs is 1. The number of hydrogen-bond donors (Lipinski definition) is 0. The Morgan fingerprint density at radius 2 is 1.71 bits per heavy atom. The molecule has 0 unspecified atom stereocenters. The van der Waals surface area contributed by atoms with Gasteiger partial charge < -0.3 is 0 Å². The number of rotatable bonds is 2. The van der Waals surface area contributed by atoms with Crippen LogP contribution in [0.25, 0.3) is 0 Å². The molecule has 0 radical (unpaired) electrons. The lowest BCUT2D eigenvalue weighted by molar-refractivity contribution is 0.0926. The first-order chi connectivity index (χ1) is 10.0. The van der Waals surface area contributed by atoms with E-state index in [1.807, 2.05) is 38.1 Å². The molecule has 106 valence electrons. The summed E-state index contributed by atoms with van der Waals surface area (Å²) in [6, 6.07) is 11.0. The smallest absolute Gasteiger partial charge is 0.266 e. The van der Waals surface area contributed by atoms with Crippen LogP contribution in [0.3, 0.4) is 0 Å². The van der Waals surface area contributed by atoms with Crippen LogP contribution in [0.5, 0.6) is 0 Å². The number of benzene rings is 2. The van der Waals surface area contributed by atoms with Crippen molar-refractivity contribution in [3.8, 4) is 0 Å². The molecule has 2 amide bonds. The Morgan fingerprint density at radius 1 is 1.00 bits per heavy atom. The van der Waals surface area contributed by atoms with Gasteiger partial charge in [0.05, 0.1) is 16.8 Å². The first-order valence-electron chi connectivity index (χ1n) is 6.80. The molecule has 1 aliphatic heterocycles. The predicted molar refractivity (Wildman–Crippen MR) is 85.8 cm³/mol. The third-order valence-corrected chi connectivity index (χ3v) is 4.20. The summed E-state index contributed by atoms with van der Waals surface area (Å²) in [6.07, 6.45) is 0.751. The van der Waals surface area contributed by atoms with Crippen molar-refractivity contribution < 1.29 is 9.59 Å². The fourth-order valence-electron chi connectivity index (χ4n) is 2.63. The average molecular weight is 344 g/mol. The molecule has 0 aromatic heterocycles.